The second kappa shape index (κ2) is 4.47. The Hall–Kier alpha value is -0.640. The van der Waals surface area contributed by atoms with Crippen LogP contribution in [0.1, 0.15) is 12.0 Å². The number of ether oxygens (including phenoxy) is 2. The predicted octanol–water partition coefficient (Wildman–Crippen LogP) is 2.65. The molecular weight excluding hydrogens is 219 g/mol. The van der Waals surface area contributed by atoms with Gasteiger partial charge >= 0.3 is 0 Å². The Labute approximate surface area is 92.9 Å². The number of halogens is 2. The number of hydrogen-bond acceptors (Lipinski definition) is 2. The molecule has 1 aromatic rings. The zero-order chi connectivity index (χ0) is 10.7. The summed E-state index contributed by atoms with van der Waals surface area (Å²) in [6, 6.07) is 6.15. The Bertz CT molecular complexity index is 320. The van der Waals surface area contributed by atoms with Gasteiger partial charge in [0.05, 0.1) is 13.2 Å². The first-order valence-corrected chi connectivity index (χ1v) is 5.40. The molecule has 0 aromatic heterocycles. The van der Waals surface area contributed by atoms with Crippen LogP contribution in [0, 0.1) is 5.82 Å². The quantitative estimate of drug-likeness (QED) is 0.744. The third kappa shape index (κ3) is 2.14. The lowest BCUT2D eigenvalue weighted by Crippen LogP contribution is -2.27. The second-order valence-corrected chi connectivity index (χ2v) is 3.77. The molecule has 1 aliphatic heterocycles. The summed E-state index contributed by atoms with van der Waals surface area (Å²) in [6.07, 6.45) is 0.570. The number of rotatable bonds is 3. The van der Waals surface area contributed by atoms with E-state index in [9.17, 15) is 4.39 Å². The van der Waals surface area contributed by atoms with E-state index in [4.69, 9.17) is 21.1 Å². The molecule has 1 saturated heterocycles. The van der Waals surface area contributed by atoms with Crippen molar-refractivity contribution in [3.8, 4) is 0 Å². The van der Waals surface area contributed by atoms with Gasteiger partial charge in [-0.25, -0.2) is 4.39 Å². The highest BCUT2D eigenvalue weighted by atomic mass is 35.5. The van der Waals surface area contributed by atoms with Crippen LogP contribution in [0.5, 0.6) is 0 Å². The monoisotopic (exact) mass is 230 g/mol. The molecule has 0 amide bonds. The van der Waals surface area contributed by atoms with Gasteiger partial charge in [-0.2, -0.15) is 0 Å². The summed E-state index contributed by atoms with van der Waals surface area (Å²) in [5, 5.41) is 0. The lowest BCUT2D eigenvalue weighted by Gasteiger charge is -2.26. The number of benzene rings is 1. The van der Waals surface area contributed by atoms with Crippen LogP contribution in [0.3, 0.4) is 0 Å². The first-order valence-electron chi connectivity index (χ1n) is 4.87. The van der Waals surface area contributed by atoms with Gasteiger partial charge in [0.2, 0.25) is 0 Å². The molecule has 0 saturated carbocycles. The van der Waals surface area contributed by atoms with E-state index in [-0.39, 0.29) is 5.82 Å². The average Bonchev–Trinajstić information content (AvgIpc) is 2.69. The van der Waals surface area contributed by atoms with Crippen LogP contribution < -0.4 is 0 Å². The summed E-state index contributed by atoms with van der Waals surface area (Å²) in [4.78, 5) is 0. The van der Waals surface area contributed by atoms with E-state index < -0.39 is 5.79 Å². The Morgan fingerprint density at radius 1 is 1.20 bits per heavy atom. The van der Waals surface area contributed by atoms with E-state index >= 15 is 0 Å². The molecule has 0 N–H and O–H groups in total. The number of alkyl halides is 1. The smallest absolute Gasteiger partial charge is 0.196 e. The zero-order valence-corrected chi connectivity index (χ0v) is 8.97. The summed E-state index contributed by atoms with van der Waals surface area (Å²) >= 11 is 5.72. The molecule has 0 atom stereocenters. The fourth-order valence-corrected chi connectivity index (χ4v) is 1.99. The third-order valence-corrected chi connectivity index (χ3v) is 2.65. The maximum absolute atomic E-state index is 12.8. The summed E-state index contributed by atoms with van der Waals surface area (Å²) in [7, 11) is 0. The van der Waals surface area contributed by atoms with Crippen LogP contribution in [0.2, 0.25) is 0 Å². The molecule has 1 aliphatic rings. The molecule has 2 rings (SSSR count). The van der Waals surface area contributed by atoms with Gasteiger partial charge in [0.15, 0.2) is 5.79 Å². The van der Waals surface area contributed by atoms with Gasteiger partial charge in [-0.15, -0.1) is 11.6 Å². The highest BCUT2D eigenvalue weighted by molar-refractivity contribution is 6.17. The zero-order valence-electron chi connectivity index (χ0n) is 8.21. The number of hydrogen-bond donors (Lipinski definition) is 0. The van der Waals surface area contributed by atoms with Gasteiger partial charge in [0.1, 0.15) is 5.82 Å². The van der Waals surface area contributed by atoms with E-state index in [0.717, 1.165) is 5.56 Å². The van der Waals surface area contributed by atoms with Crippen molar-refractivity contribution in [2.45, 2.75) is 12.2 Å². The molecule has 0 bridgehead atoms. The molecule has 2 nitrogen and oxygen atoms in total. The first-order chi connectivity index (χ1) is 7.27. The van der Waals surface area contributed by atoms with Crippen molar-refractivity contribution in [2.24, 2.45) is 0 Å². The largest absolute Gasteiger partial charge is 0.343 e. The van der Waals surface area contributed by atoms with E-state index in [1.54, 1.807) is 12.1 Å². The fourth-order valence-electron chi connectivity index (χ4n) is 1.74. The average molecular weight is 231 g/mol. The highest BCUT2D eigenvalue weighted by Gasteiger charge is 2.37. The van der Waals surface area contributed by atoms with Crippen molar-refractivity contribution in [1.82, 2.24) is 0 Å². The Kier molecular flexibility index (Phi) is 3.24. The van der Waals surface area contributed by atoms with Crippen LogP contribution in [-0.2, 0) is 15.3 Å². The fraction of sp³-hybridized carbons (Fsp3) is 0.455. The lowest BCUT2D eigenvalue weighted by atomic mass is 10.0. The highest BCUT2D eigenvalue weighted by Crippen LogP contribution is 2.35. The molecule has 0 radical (unpaired) electrons. The Balaban J connectivity index is 2.28. The third-order valence-electron chi connectivity index (χ3n) is 2.46. The molecule has 0 spiro atoms. The van der Waals surface area contributed by atoms with Gasteiger partial charge in [-0.1, -0.05) is 12.1 Å². The Morgan fingerprint density at radius 2 is 1.80 bits per heavy atom. The van der Waals surface area contributed by atoms with Crippen LogP contribution in [0.25, 0.3) is 0 Å². The standard InChI is InChI=1S/C11H12ClFO2/c12-6-5-11(14-7-8-15-11)9-1-3-10(13)4-2-9/h1-4H,5-8H2. The molecule has 1 aromatic carbocycles. The van der Waals surface area contributed by atoms with Crippen molar-refractivity contribution in [3.63, 3.8) is 0 Å². The second-order valence-electron chi connectivity index (χ2n) is 3.40. The van der Waals surface area contributed by atoms with Crippen LogP contribution in [0.4, 0.5) is 4.39 Å². The van der Waals surface area contributed by atoms with Crippen LogP contribution in [0.15, 0.2) is 24.3 Å². The summed E-state index contributed by atoms with van der Waals surface area (Å²) < 4.78 is 23.9. The SMILES string of the molecule is Fc1ccc(C2(CCCl)OCCO2)cc1. The molecule has 4 heteroatoms. The molecule has 0 aliphatic carbocycles. The first kappa shape index (κ1) is 10.9. The van der Waals surface area contributed by atoms with Crippen molar-refractivity contribution < 1.29 is 13.9 Å². The molecular formula is C11H12ClFO2. The normalized spacial score (nSPS) is 19.3. The van der Waals surface area contributed by atoms with Crippen molar-refractivity contribution in [3.05, 3.63) is 35.6 Å². The van der Waals surface area contributed by atoms with Crippen molar-refractivity contribution in [2.75, 3.05) is 19.1 Å². The van der Waals surface area contributed by atoms with E-state index in [1.165, 1.54) is 12.1 Å². The van der Waals surface area contributed by atoms with Crippen molar-refractivity contribution >= 4 is 11.6 Å². The van der Waals surface area contributed by atoms with Gasteiger partial charge in [-0.05, 0) is 12.1 Å². The van der Waals surface area contributed by atoms with E-state index in [2.05, 4.69) is 0 Å². The summed E-state index contributed by atoms with van der Waals surface area (Å²) in [5.41, 5.74) is 0.821. The topological polar surface area (TPSA) is 18.5 Å². The van der Waals surface area contributed by atoms with Crippen LogP contribution in [-0.4, -0.2) is 19.1 Å². The minimum atomic E-state index is -0.768. The minimum Gasteiger partial charge on any atom is -0.343 e. The van der Waals surface area contributed by atoms with Crippen molar-refractivity contribution in [1.29, 1.82) is 0 Å². The van der Waals surface area contributed by atoms with Crippen LogP contribution >= 0.6 is 11.6 Å². The molecule has 1 heterocycles. The molecule has 82 valence electrons. The molecule has 1 fully saturated rings. The van der Waals surface area contributed by atoms with Gasteiger partial charge in [0.25, 0.3) is 0 Å². The summed E-state index contributed by atoms with van der Waals surface area (Å²) in [5.74, 6) is -0.593. The molecule has 0 unspecified atom stereocenters. The maximum Gasteiger partial charge on any atom is 0.196 e. The predicted molar refractivity (Wildman–Crippen MR) is 55.3 cm³/mol. The maximum atomic E-state index is 12.8. The molecule has 15 heavy (non-hydrogen) atoms. The minimum absolute atomic E-state index is 0.266. The van der Waals surface area contributed by atoms with Gasteiger partial charge in [0, 0.05) is 17.9 Å². The lowest BCUT2D eigenvalue weighted by molar-refractivity contribution is -0.166. The van der Waals surface area contributed by atoms with Gasteiger partial charge < -0.3 is 9.47 Å². The van der Waals surface area contributed by atoms with Gasteiger partial charge in [-0.3, -0.25) is 0 Å². The Morgan fingerprint density at radius 3 is 2.33 bits per heavy atom. The van der Waals surface area contributed by atoms with E-state index in [0.29, 0.717) is 25.5 Å². The van der Waals surface area contributed by atoms with E-state index in [1.807, 2.05) is 0 Å². The summed E-state index contributed by atoms with van der Waals surface area (Å²) in [6.45, 7) is 1.10.